The highest BCUT2D eigenvalue weighted by atomic mass is 16.3. The molecule has 0 bridgehead atoms. The highest BCUT2D eigenvalue weighted by Gasteiger charge is 2.52. The summed E-state index contributed by atoms with van der Waals surface area (Å²) in [5.41, 5.74) is 0.771. The Balaban J connectivity index is 1.52. The van der Waals surface area contributed by atoms with Crippen LogP contribution in [-0.4, -0.2) is 53.4 Å². The molecule has 2 saturated heterocycles. The first kappa shape index (κ1) is 18.2. The van der Waals surface area contributed by atoms with E-state index in [9.17, 15) is 4.79 Å². The predicted octanol–water partition coefficient (Wildman–Crippen LogP) is 2.28. The third-order valence-corrected chi connectivity index (χ3v) is 6.16. The second-order valence-electron chi connectivity index (χ2n) is 7.88. The molecule has 2 aliphatic rings. The number of likely N-dealkylation sites (tertiary alicyclic amines) is 2. The summed E-state index contributed by atoms with van der Waals surface area (Å²) >= 11 is 0. The van der Waals surface area contributed by atoms with Crippen molar-refractivity contribution in [1.29, 1.82) is 0 Å². The van der Waals surface area contributed by atoms with E-state index in [2.05, 4.69) is 27.1 Å². The largest absolute Gasteiger partial charge is 0.468 e. The fraction of sp³-hybridized carbons (Fsp3) is 0.524. The van der Waals surface area contributed by atoms with Gasteiger partial charge in [0.1, 0.15) is 5.76 Å². The van der Waals surface area contributed by atoms with Crippen LogP contribution in [0.3, 0.4) is 0 Å². The summed E-state index contributed by atoms with van der Waals surface area (Å²) in [6, 6.07) is 8.07. The van der Waals surface area contributed by atoms with Crippen LogP contribution < -0.4 is 5.32 Å². The average molecular weight is 368 g/mol. The van der Waals surface area contributed by atoms with E-state index in [-0.39, 0.29) is 17.4 Å². The number of pyridine rings is 1. The lowest BCUT2D eigenvalue weighted by Gasteiger charge is -2.53. The normalized spacial score (nSPS) is 26.5. The third-order valence-electron chi connectivity index (χ3n) is 6.16. The Bertz CT molecular complexity index is 749. The minimum Gasteiger partial charge on any atom is -0.468 e. The van der Waals surface area contributed by atoms with Gasteiger partial charge in [0.05, 0.1) is 18.2 Å². The van der Waals surface area contributed by atoms with E-state index in [1.54, 1.807) is 18.7 Å². The van der Waals surface area contributed by atoms with Crippen molar-refractivity contribution in [2.45, 2.75) is 38.4 Å². The van der Waals surface area contributed by atoms with Gasteiger partial charge >= 0.3 is 0 Å². The topological polar surface area (TPSA) is 61.6 Å². The number of amides is 1. The van der Waals surface area contributed by atoms with Crippen LogP contribution in [0.25, 0.3) is 0 Å². The van der Waals surface area contributed by atoms with Crippen molar-refractivity contribution < 1.29 is 9.21 Å². The molecule has 4 heterocycles. The number of furan rings is 1. The molecule has 4 rings (SSSR count). The van der Waals surface area contributed by atoms with Crippen molar-refractivity contribution in [2.24, 2.45) is 5.41 Å². The number of fused-ring (bicyclic) bond motifs is 1. The van der Waals surface area contributed by atoms with Gasteiger partial charge in [0.2, 0.25) is 5.91 Å². The lowest BCUT2D eigenvalue weighted by Crippen LogP contribution is -2.65. The number of nitrogens with zero attached hydrogens (tertiary/aromatic N) is 3. The van der Waals surface area contributed by atoms with Crippen molar-refractivity contribution in [1.82, 2.24) is 20.1 Å². The van der Waals surface area contributed by atoms with Crippen LogP contribution in [0.4, 0.5) is 0 Å². The Hall–Kier alpha value is -2.18. The molecule has 0 saturated carbocycles. The lowest BCUT2D eigenvalue weighted by atomic mass is 9.67. The maximum absolute atomic E-state index is 13.4. The molecule has 2 aliphatic heterocycles. The van der Waals surface area contributed by atoms with Gasteiger partial charge in [0, 0.05) is 31.5 Å². The van der Waals surface area contributed by atoms with E-state index < -0.39 is 0 Å². The second kappa shape index (κ2) is 7.82. The van der Waals surface area contributed by atoms with E-state index >= 15 is 0 Å². The maximum atomic E-state index is 13.4. The summed E-state index contributed by atoms with van der Waals surface area (Å²) in [6.07, 6.45) is 8.17. The third kappa shape index (κ3) is 3.77. The zero-order valence-electron chi connectivity index (χ0n) is 15.9. The molecule has 2 fully saturated rings. The van der Waals surface area contributed by atoms with Crippen LogP contribution in [0.2, 0.25) is 0 Å². The first-order valence-electron chi connectivity index (χ1n) is 9.79. The predicted molar refractivity (Wildman–Crippen MR) is 103 cm³/mol. The zero-order chi connectivity index (χ0) is 18.7. The smallest absolute Gasteiger partial charge is 0.228 e. The Kier molecular flexibility index (Phi) is 5.27. The van der Waals surface area contributed by atoms with E-state index in [1.807, 2.05) is 24.3 Å². The number of aromatic nitrogens is 1. The second-order valence-corrected chi connectivity index (χ2v) is 7.88. The van der Waals surface area contributed by atoms with E-state index in [1.165, 1.54) is 0 Å². The van der Waals surface area contributed by atoms with Crippen molar-refractivity contribution in [3.05, 3.63) is 54.2 Å². The number of carbonyl (C=O) groups excluding carboxylic acids is 1. The Morgan fingerprint density at radius 3 is 2.93 bits per heavy atom. The van der Waals surface area contributed by atoms with Crippen LogP contribution >= 0.6 is 0 Å². The summed E-state index contributed by atoms with van der Waals surface area (Å²) in [5, 5.41) is 3.22. The number of piperidine rings is 2. The van der Waals surface area contributed by atoms with E-state index in [0.717, 1.165) is 56.8 Å². The molecular formula is C21H28N4O2. The summed E-state index contributed by atoms with van der Waals surface area (Å²) in [6.45, 7) is 4.23. The molecule has 1 amide bonds. The molecule has 2 aromatic heterocycles. The van der Waals surface area contributed by atoms with Crippen LogP contribution in [0.15, 0.2) is 47.3 Å². The van der Waals surface area contributed by atoms with Gasteiger partial charge in [-0.2, -0.15) is 0 Å². The molecule has 144 valence electrons. The van der Waals surface area contributed by atoms with Gasteiger partial charge in [-0.25, -0.2) is 0 Å². The Morgan fingerprint density at radius 1 is 1.30 bits per heavy atom. The van der Waals surface area contributed by atoms with Crippen molar-refractivity contribution in [2.75, 3.05) is 26.7 Å². The number of likely N-dealkylation sites (N-methyl/N-ethyl adjacent to an activating group) is 1. The molecule has 6 heteroatoms. The van der Waals surface area contributed by atoms with Crippen LogP contribution in [0.1, 0.15) is 30.6 Å². The molecule has 2 atom stereocenters. The number of hydrogen-bond donors (Lipinski definition) is 1. The molecule has 0 aliphatic carbocycles. The van der Waals surface area contributed by atoms with Crippen LogP contribution in [0, 0.1) is 5.41 Å². The summed E-state index contributed by atoms with van der Waals surface area (Å²) < 4.78 is 5.58. The van der Waals surface area contributed by atoms with Crippen molar-refractivity contribution >= 4 is 5.91 Å². The van der Waals surface area contributed by atoms with E-state index in [4.69, 9.17) is 4.42 Å². The maximum Gasteiger partial charge on any atom is 0.228 e. The summed E-state index contributed by atoms with van der Waals surface area (Å²) in [4.78, 5) is 22.2. The zero-order valence-corrected chi connectivity index (χ0v) is 15.9. The fourth-order valence-electron chi connectivity index (χ4n) is 4.66. The number of hydrogen-bond acceptors (Lipinski definition) is 5. The molecule has 0 radical (unpaired) electrons. The Morgan fingerprint density at radius 2 is 2.15 bits per heavy atom. The molecule has 0 unspecified atom stereocenters. The highest BCUT2D eigenvalue weighted by molar-refractivity contribution is 5.84. The average Bonchev–Trinajstić information content (AvgIpc) is 3.20. The molecular weight excluding hydrogens is 340 g/mol. The van der Waals surface area contributed by atoms with Gasteiger partial charge < -0.3 is 14.6 Å². The monoisotopic (exact) mass is 368 g/mol. The molecule has 0 spiro atoms. The van der Waals surface area contributed by atoms with Crippen LogP contribution in [0.5, 0.6) is 0 Å². The minimum atomic E-state index is -0.315. The minimum absolute atomic E-state index is 0.196. The van der Waals surface area contributed by atoms with Gasteiger partial charge in [-0.15, -0.1) is 0 Å². The lowest BCUT2D eigenvalue weighted by molar-refractivity contribution is -0.145. The van der Waals surface area contributed by atoms with Gasteiger partial charge in [0.25, 0.3) is 0 Å². The fourth-order valence-corrected chi connectivity index (χ4v) is 4.66. The quantitative estimate of drug-likeness (QED) is 0.877. The van der Waals surface area contributed by atoms with Crippen LogP contribution in [-0.2, 0) is 17.9 Å². The van der Waals surface area contributed by atoms with Gasteiger partial charge in [-0.05, 0) is 69.2 Å². The number of carbonyl (C=O) groups is 1. The number of rotatable bonds is 5. The first-order valence-corrected chi connectivity index (χ1v) is 9.79. The van der Waals surface area contributed by atoms with Gasteiger partial charge in [0.15, 0.2) is 0 Å². The van der Waals surface area contributed by atoms with E-state index in [0.29, 0.717) is 6.54 Å². The van der Waals surface area contributed by atoms with Crippen molar-refractivity contribution in [3.8, 4) is 0 Å². The summed E-state index contributed by atoms with van der Waals surface area (Å²) in [7, 11) is 2.15. The molecule has 0 aromatic carbocycles. The SMILES string of the molecule is CN1CC[C@]2(C(=O)NCc3ccncc3)CCCN(Cc3ccco3)[C@H]2C1. The molecule has 1 N–H and O–H groups in total. The Labute approximate surface area is 160 Å². The standard InChI is InChI=1S/C21H28N4O2/c1-24-12-8-21(20(26)23-14-17-5-9-22-10-6-17)7-3-11-25(19(21)16-24)15-18-4-2-13-27-18/h2,4-6,9-10,13,19H,3,7-8,11-12,14-16H2,1H3,(H,23,26)/t19-,21+/m0/s1. The van der Waals surface area contributed by atoms with Gasteiger partial charge in [-0.3, -0.25) is 14.7 Å². The molecule has 2 aromatic rings. The van der Waals surface area contributed by atoms with Crippen molar-refractivity contribution in [3.63, 3.8) is 0 Å². The molecule has 27 heavy (non-hydrogen) atoms. The highest BCUT2D eigenvalue weighted by Crippen LogP contribution is 2.43. The van der Waals surface area contributed by atoms with Gasteiger partial charge in [-0.1, -0.05) is 0 Å². The molecule has 6 nitrogen and oxygen atoms in total. The first-order chi connectivity index (χ1) is 13.2. The summed E-state index contributed by atoms with van der Waals surface area (Å²) in [5.74, 6) is 1.16. The number of nitrogens with one attached hydrogen (secondary N) is 1.